The van der Waals surface area contributed by atoms with Gasteiger partial charge in [0.2, 0.25) is 0 Å². The van der Waals surface area contributed by atoms with Crippen molar-refractivity contribution in [2.45, 2.75) is 6.92 Å². The molecule has 0 amide bonds. The van der Waals surface area contributed by atoms with E-state index in [1.165, 1.54) is 16.7 Å². The molecule has 0 bridgehead atoms. The van der Waals surface area contributed by atoms with Gasteiger partial charge in [-0.3, -0.25) is 4.57 Å². The quantitative estimate of drug-likeness (QED) is 0.506. The second kappa shape index (κ2) is 5.15. The lowest BCUT2D eigenvalue weighted by molar-refractivity contribution is 1.09. The van der Waals surface area contributed by atoms with Crippen LogP contribution in [0.2, 0.25) is 0 Å². The highest BCUT2D eigenvalue weighted by atomic mass is 15.0. The number of benzene rings is 3. The van der Waals surface area contributed by atoms with Crippen LogP contribution in [-0.4, -0.2) is 9.55 Å². The molecule has 106 valence electrons. The van der Waals surface area contributed by atoms with Crippen molar-refractivity contribution in [1.82, 2.24) is 9.55 Å². The highest BCUT2D eigenvalue weighted by Crippen LogP contribution is 2.27. The predicted octanol–water partition coefficient (Wildman–Crippen LogP) is 5.00. The van der Waals surface area contributed by atoms with Crippen LogP contribution in [0, 0.1) is 6.92 Å². The number of hydrogen-bond donors (Lipinski definition) is 0. The molecule has 1 aromatic heterocycles. The second-order valence-electron chi connectivity index (χ2n) is 5.47. The summed E-state index contributed by atoms with van der Waals surface area (Å²) in [5.74, 6) is 0. The van der Waals surface area contributed by atoms with Gasteiger partial charge in [0.25, 0.3) is 0 Å². The van der Waals surface area contributed by atoms with E-state index in [1.54, 1.807) is 0 Å². The molecule has 0 atom stereocenters. The lowest BCUT2D eigenvalue weighted by Gasteiger charge is -2.07. The van der Waals surface area contributed by atoms with E-state index >= 15 is 0 Å². The number of para-hydroxylation sites is 1. The summed E-state index contributed by atoms with van der Waals surface area (Å²) in [5.41, 5.74) is 7.04. The van der Waals surface area contributed by atoms with E-state index in [-0.39, 0.29) is 0 Å². The number of nitrogens with zero attached hydrogens (tertiary/aromatic N) is 2. The van der Waals surface area contributed by atoms with Crippen LogP contribution in [0.5, 0.6) is 0 Å². The van der Waals surface area contributed by atoms with E-state index in [0.29, 0.717) is 0 Å². The van der Waals surface area contributed by atoms with E-state index in [2.05, 4.69) is 71.1 Å². The first kappa shape index (κ1) is 12.8. The molecular formula is C20H16N2. The average Bonchev–Trinajstić information content (AvgIpc) is 2.99. The normalized spacial score (nSPS) is 11.0. The molecule has 1 heterocycles. The molecule has 0 saturated carbocycles. The smallest absolute Gasteiger partial charge is 0.100 e. The van der Waals surface area contributed by atoms with Crippen molar-refractivity contribution in [2.75, 3.05) is 0 Å². The third-order valence-corrected chi connectivity index (χ3v) is 4.04. The van der Waals surface area contributed by atoms with E-state index < -0.39 is 0 Å². The third-order valence-electron chi connectivity index (χ3n) is 4.04. The minimum Gasteiger partial charge on any atom is -0.299 e. The van der Waals surface area contributed by atoms with Crippen molar-refractivity contribution in [1.29, 1.82) is 0 Å². The molecule has 3 aromatic carbocycles. The van der Waals surface area contributed by atoms with Crippen molar-refractivity contribution < 1.29 is 0 Å². The Balaban J connectivity index is 1.86. The monoisotopic (exact) mass is 284 g/mol. The molecule has 0 spiro atoms. The molecule has 0 saturated heterocycles. The Kier molecular flexibility index (Phi) is 3.01. The first-order valence-corrected chi connectivity index (χ1v) is 7.41. The fraction of sp³-hybridized carbons (Fsp3) is 0.0500. The summed E-state index contributed by atoms with van der Waals surface area (Å²) in [6, 6.07) is 25.2. The number of imidazole rings is 1. The van der Waals surface area contributed by atoms with E-state index in [1.807, 2.05) is 24.5 Å². The summed E-state index contributed by atoms with van der Waals surface area (Å²) >= 11 is 0. The molecule has 4 aromatic rings. The van der Waals surface area contributed by atoms with Gasteiger partial charge in [-0.2, -0.15) is 0 Å². The van der Waals surface area contributed by atoms with Gasteiger partial charge in [-0.05, 0) is 47.9 Å². The Morgan fingerprint density at radius 1 is 0.818 bits per heavy atom. The molecule has 0 aliphatic carbocycles. The van der Waals surface area contributed by atoms with Gasteiger partial charge < -0.3 is 0 Å². The molecule has 0 radical (unpaired) electrons. The molecule has 0 aliphatic heterocycles. The zero-order valence-corrected chi connectivity index (χ0v) is 12.4. The molecule has 0 N–H and O–H groups in total. The SMILES string of the molecule is Cc1ccccc1-c1ccc2c(c1)ncn2-c1ccccc1. The van der Waals surface area contributed by atoms with Gasteiger partial charge in [-0.25, -0.2) is 4.98 Å². The van der Waals surface area contributed by atoms with E-state index in [4.69, 9.17) is 0 Å². The second-order valence-corrected chi connectivity index (χ2v) is 5.47. The molecule has 4 rings (SSSR count). The summed E-state index contributed by atoms with van der Waals surface area (Å²) in [6.45, 7) is 2.14. The van der Waals surface area contributed by atoms with Gasteiger partial charge in [-0.15, -0.1) is 0 Å². The summed E-state index contributed by atoms with van der Waals surface area (Å²) in [5, 5.41) is 0. The number of hydrogen-bond acceptors (Lipinski definition) is 1. The van der Waals surface area contributed by atoms with Gasteiger partial charge in [0.1, 0.15) is 6.33 Å². The Morgan fingerprint density at radius 2 is 1.59 bits per heavy atom. The minimum absolute atomic E-state index is 1.02. The maximum absolute atomic E-state index is 4.57. The van der Waals surface area contributed by atoms with Crippen molar-refractivity contribution in [3.63, 3.8) is 0 Å². The van der Waals surface area contributed by atoms with Gasteiger partial charge in [0.05, 0.1) is 11.0 Å². The molecule has 0 aliphatic rings. The Morgan fingerprint density at radius 3 is 2.41 bits per heavy atom. The Hall–Kier alpha value is -2.87. The van der Waals surface area contributed by atoms with Crippen molar-refractivity contribution in [2.24, 2.45) is 0 Å². The van der Waals surface area contributed by atoms with Crippen molar-refractivity contribution in [3.05, 3.63) is 84.7 Å². The molecule has 22 heavy (non-hydrogen) atoms. The predicted molar refractivity (Wildman–Crippen MR) is 91.2 cm³/mol. The van der Waals surface area contributed by atoms with E-state index in [0.717, 1.165) is 16.7 Å². The van der Waals surface area contributed by atoms with Crippen LogP contribution < -0.4 is 0 Å². The number of rotatable bonds is 2. The number of aryl methyl sites for hydroxylation is 1. The standard InChI is InChI=1S/C20H16N2/c1-15-7-5-6-10-18(15)16-11-12-20-19(13-16)21-14-22(20)17-8-3-2-4-9-17/h2-14H,1H3. The molecular weight excluding hydrogens is 268 g/mol. The van der Waals surface area contributed by atoms with Gasteiger partial charge in [0.15, 0.2) is 0 Å². The molecule has 2 heteroatoms. The first-order chi connectivity index (χ1) is 10.8. The maximum atomic E-state index is 4.57. The van der Waals surface area contributed by atoms with Crippen LogP contribution in [0.15, 0.2) is 79.1 Å². The van der Waals surface area contributed by atoms with Crippen LogP contribution in [0.1, 0.15) is 5.56 Å². The van der Waals surface area contributed by atoms with Crippen molar-refractivity contribution in [3.8, 4) is 16.8 Å². The fourth-order valence-electron chi connectivity index (χ4n) is 2.87. The lowest BCUT2D eigenvalue weighted by Crippen LogP contribution is -1.91. The van der Waals surface area contributed by atoms with Gasteiger partial charge >= 0.3 is 0 Å². The Labute approximate surface area is 129 Å². The summed E-state index contributed by atoms with van der Waals surface area (Å²) in [7, 11) is 0. The van der Waals surface area contributed by atoms with E-state index in [9.17, 15) is 0 Å². The highest BCUT2D eigenvalue weighted by molar-refractivity contribution is 5.84. The average molecular weight is 284 g/mol. The van der Waals surface area contributed by atoms with Crippen LogP contribution in [0.4, 0.5) is 0 Å². The Bertz CT molecular complexity index is 936. The zero-order chi connectivity index (χ0) is 14.9. The number of aromatic nitrogens is 2. The van der Waals surface area contributed by atoms with Crippen LogP contribution in [-0.2, 0) is 0 Å². The topological polar surface area (TPSA) is 17.8 Å². The van der Waals surface area contributed by atoms with Gasteiger partial charge in [0, 0.05) is 5.69 Å². The maximum Gasteiger partial charge on any atom is 0.100 e. The minimum atomic E-state index is 1.02. The molecule has 0 unspecified atom stereocenters. The summed E-state index contributed by atoms with van der Waals surface area (Å²) in [4.78, 5) is 4.57. The van der Waals surface area contributed by atoms with Crippen LogP contribution in [0.3, 0.4) is 0 Å². The fourth-order valence-corrected chi connectivity index (χ4v) is 2.87. The van der Waals surface area contributed by atoms with Gasteiger partial charge in [-0.1, -0.05) is 48.5 Å². The summed E-state index contributed by atoms with van der Waals surface area (Å²) in [6.07, 6.45) is 1.89. The van der Waals surface area contributed by atoms with Crippen LogP contribution in [0.25, 0.3) is 27.8 Å². The number of fused-ring (bicyclic) bond motifs is 1. The lowest BCUT2D eigenvalue weighted by atomic mass is 10.0. The largest absolute Gasteiger partial charge is 0.299 e. The first-order valence-electron chi connectivity index (χ1n) is 7.41. The van der Waals surface area contributed by atoms with Crippen LogP contribution >= 0.6 is 0 Å². The highest BCUT2D eigenvalue weighted by Gasteiger charge is 2.07. The third kappa shape index (κ3) is 2.09. The summed E-state index contributed by atoms with van der Waals surface area (Å²) < 4.78 is 2.12. The zero-order valence-electron chi connectivity index (χ0n) is 12.4. The molecule has 2 nitrogen and oxygen atoms in total. The van der Waals surface area contributed by atoms with Crippen molar-refractivity contribution >= 4 is 11.0 Å². The molecule has 0 fully saturated rings.